The van der Waals surface area contributed by atoms with Gasteiger partial charge in [0.1, 0.15) is 5.82 Å². The van der Waals surface area contributed by atoms with Crippen LogP contribution in [0.25, 0.3) is 10.7 Å². The van der Waals surface area contributed by atoms with Gasteiger partial charge in [0.2, 0.25) is 0 Å². The number of rotatable bonds is 4. The number of nitrogens with zero attached hydrogens (tertiary/aromatic N) is 2. The summed E-state index contributed by atoms with van der Waals surface area (Å²) in [6, 6.07) is 4.08. The average molecular weight is 263 g/mol. The molecule has 0 aliphatic rings. The second kappa shape index (κ2) is 5.22. The summed E-state index contributed by atoms with van der Waals surface area (Å²) < 4.78 is 0. The molecule has 1 unspecified atom stereocenters. The first-order chi connectivity index (χ1) is 8.44. The van der Waals surface area contributed by atoms with E-state index in [9.17, 15) is 0 Å². The number of thiophene rings is 1. The topological polar surface area (TPSA) is 41.6 Å². The van der Waals surface area contributed by atoms with Crippen LogP contribution in [0.1, 0.15) is 39.9 Å². The summed E-state index contributed by atoms with van der Waals surface area (Å²) in [7, 11) is 0. The third kappa shape index (κ3) is 3.67. The zero-order valence-electron chi connectivity index (χ0n) is 11.5. The first kappa shape index (κ1) is 13.3. The van der Waals surface area contributed by atoms with E-state index in [0.717, 1.165) is 22.9 Å². The molecule has 98 valence electrons. The van der Waals surface area contributed by atoms with E-state index >= 15 is 0 Å². The summed E-state index contributed by atoms with van der Waals surface area (Å²) in [5.74, 6) is 2.44. The Kier molecular flexibility index (Phi) is 3.85. The molecule has 0 spiro atoms. The average Bonchev–Trinajstić information content (AvgIpc) is 2.82. The summed E-state index contributed by atoms with van der Waals surface area (Å²) in [6.45, 7) is 9.11. The van der Waals surface area contributed by atoms with Crippen LogP contribution in [0.4, 0.5) is 0 Å². The largest absolute Gasteiger partial charge is 0.263 e. The van der Waals surface area contributed by atoms with Crippen LogP contribution < -0.4 is 0 Å². The lowest BCUT2D eigenvalue weighted by atomic mass is 9.84. The van der Waals surface area contributed by atoms with Gasteiger partial charge in [-0.15, -0.1) is 11.3 Å². The number of aromatic amines is 1. The molecule has 2 heterocycles. The second-order valence-corrected chi connectivity index (χ2v) is 7.10. The van der Waals surface area contributed by atoms with Crippen LogP contribution >= 0.6 is 11.3 Å². The lowest BCUT2D eigenvalue weighted by molar-refractivity contribution is 0.304. The zero-order valence-corrected chi connectivity index (χ0v) is 12.3. The van der Waals surface area contributed by atoms with Crippen molar-refractivity contribution in [2.75, 3.05) is 0 Å². The number of nitrogens with one attached hydrogen (secondary N) is 1. The van der Waals surface area contributed by atoms with Crippen molar-refractivity contribution >= 4 is 11.3 Å². The maximum absolute atomic E-state index is 4.57. The highest BCUT2D eigenvalue weighted by molar-refractivity contribution is 7.13. The standard InChI is InChI=1S/C14H21N3S/c1-10(9-14(2,3)4)8-12-15-13(17-16-12)11-6-5-7-18-11/h5-7,10H,8-9H2,1-4H3,(H,15,16,17). The van der Waals surface area contributed by atoms with Gasteiger partial charge < -0.3 is 0 Å². The Morgan fingerprint density at radius 1 is 1.39 bits per heavy atom. The quantitative estimate of drug-likeness (QED) is 0.900. The van der Waals surface area contributed by atoms with E-state index in [2.05, 4.69) is 48.9 Å². The molecule has 0 amide bonds. The fourth-order valence-corrected chi connectivity index (χ4v) is 3.01. The van der Waals surface area contributed by atoms with Crippen LogP contribution in [-0.4, -0.2) is 15.2 Å². The van der Waals surface area contributed by atoms with E-state index < -0.39 is 0 Å². The minimum Gasteiger partial charge on any atom is -0.263 e. The first-order valence-corrected chi connectivity index (χ1v) is 7.27. The van der Waals surface area contributed by atoms with Crippen molar-refractivity contribution in [2.24, 2.45) is 11.3 Å². The molecule has 0 aromatic carbocycles. The van der Waals surface area contributed by atoms with Gasteiger partial charge in [0, 0.05) is 6.42 Å². The number of hydrogen-bond donors (Lipinski definition) is 1. The van der Waals surface area contributed by atoms with Crippen LogP contribution in [0, 0.1) is 11.3 Å². The van der Waals surface area contributed by atoms with Gasteiger partial charge in [-0.1, -0.05) is 33.8 Å². The molecular formula is C14H21N3S. The molecule has 0 aliphatic heterocycles. The van der Waals surface area contributed by atoms with Gasteiger partial charge in [0.25, 0.3) is 0 Å². The maximum Gasteiger partial charge on any atom is 0.191 e. The number of hydrogen-bond acceptors (Lipinski definition) is 3. The Morgan fingerprint density at radius 3 is 2.78 bits per heavy atom. The number of H-pyrrole nitrogens is 1. The molecule has 0 aliphatic carbocycles. The summed E-state index contributed by atoms with van der Waals surface area (Å²) in [5.41, 5.74) is 0.371. The number of aromatic nitrogens is 3. The van der Waals surface area contributed by atoms with Gasteiger partial charge in [-0.25, -0.2) is 4.98 Å². The molecule has 2 aromatic heterocycles. The van der Waals surface area contributed by atoms with Crippen molar-refractivity contribution in [3.8, 4) is 10.7 Å². The highest BCUT2D eigenvalue weighted by atomic mass is 32.1. The Balaban J connectivity index is 1.99. The summed E-state index contributed by atoms with van der Waals surface area (Å²) >= 11 is 1.67. The molecule has 0 radical (unpaired) electrons. The Morgan fingerprint density at radius 2 is 2.17 bits per heavy atom. The predicted octanol–water partition coefficient (Wildman–Crippen LogP) is 4.15. The van der Waals surface area contributed by atoms with Crippen LogP contribution in [0.3, 0.4) is 0 Å². The lowest BCUT2D eigenvalue weighted by Gasteiger charge is -2.22. The molecule has 0 saturated carbocycles. The molecule has 3 nitrogen and oxygen atoms in total. The van der Waals surface area contributed by atoms with Crippen molar-refractivity contribution in [3.63, 3.8) is 0 Å². The van der Waals surface area contributed by atoms with Crippen LogP contribution in [0.5, 0.6) is 0 Å². The van der Waals surface area contributed by atoms with E-state index in [-0.39, 0.29) is 0 Å². The molecule has 1 atom stereocenters. The van der Waals surface area contributed by atoms with E-state index in [1.54, 1.807) is 11.3 Å². The molecule has 0 fully saturated rings. The van der Waals surface area contributed by atoms with Gasteiger partial charge in [-0.3, -0.25) is 5.10 Å². The van der Waals surface area contributed by atoms with Crippen molar-refractivity contribution in [1.29, 1.82) is 0 Å². The SMILES string of the molecule is CC(Cc1nc(-c2cccs2)n[nH]1)CC(C)(C)C. The Hall–Kier alpha value is -1.16. The van der Waals surface area contributed by atoms with Crippen molar-refractivity contribution in [1.82, 2.24) is 15.2 Å². The van der Waals surface area contributed by atoms with Crippen molar-refractivity contribution < 1.29 is 0 Å². The van der Waals surface area contributed by atoms with E-state index in [4.69, 9.17) is 0 Å². The van der Waals surface area contributed by atoms with E-state index in [1.807, 2.05) is 11.4 Å². The molecule has 0 bridgehead atoms. The Bertz CT molecular complexity index is 479. The van der Waals surface area contributed by atoms with Crippen LogP contribution in [0.15, 0.2) is 17.5 Å². The van der Waals surface area contributed by atoms with E-state index in [0.29, 0.717) is 11.3 Å². The van der Waals surface area contributed by atoms with Gasteiger partial charge in [-0.2, -0.15) is 5.10 Å². The molecule has 2 aromatic rings. The molecule has 1 N–H and O–H groups in total. The molecular weight excluding hydrogens is 242 g/mol. The monoisotopic (exact) mass is 263 g/mol. The predicted molar refractivity (Wildman–Crippen MR) is 76.6 cm³/mol. The highest BCUT2D eigenvalue weighted by Gasteiger charge is 2.17. The molecule has 18 heavy (non-hydrogen) atoms. The molecule has 0 saturated heterocycles. The fourth-order valence-electron chi connectivity index (χ4n) is 2.35. The minimum absolute atomic E-state index is 0.371. The van der Waals surface area contributed by atoms with Gasteiger partial charge in [-0.05, 0) is 29.2 Å². The van der Waals surface area contributed by atoms with Crippen LogP contribution in [0.2, 0.25) is 0 Å². The van der Waals surface area contributed by atoms with Gasteiger partial charge in [0.05, 0.1) is 4.88 Å². The van der Waals surface area contributed by atoms with Crippen molar-refractivity contribution in [2.45, 2.75) is 40.5 Å². The molecule has 2 rings (SSSR count). The van der Waals surface area contributed by atoms with E-state index in [1.165, 1.54) is 6.42 Å². The normalized spacial score (nSPS) is 13.8. The zero-order chi connectivity index (χ0) is 13.2. The maximum atomic E-state index is 4.57. The third-order valence-electron chi connectivity index (χ3n) is 2.78. The highest BCUT2D eigenvalue weighted by Crippen LogP contribution is 2.26. The summed E-state index contributed by atoms with van der Waals surface area (Å²) in [6.07, 6.45) is 2.16. The van der Waals surface area contributed by atoms with Gasteiger partial charge >= 0.3 is 0 Å². The van der Waals surface area contributed by atoms with Gasteiger partial charge in [0.15, 0.2) is 5.82 Å². The summed E-state index contributed by atoms with van der Waals surface area (Å²) in [5, 5.41) is 9.39. The fraction of sp³-hybridized carbons (Fsp3) is 0.571. The van der Waals surface area contributed by atoms with Crippen LogP contribution in [-0.2, 0) is 6.42 Å². The van der Waals surface area contributed by atoms with Crippen molar-refractivity contribution in [3.05, 3.63) is 23.3 Å². The smallest absolute Gasteiger partial charge is 0.191 e. The molecule has 4 heteroatoms. The minimum atomic E-state index is 0.371. The first-order valence-electron chi connectivity index (χ1n) is 6.39. The third-order valence-corrected chi connectivity index (χ3v) is 3.64. The summed E-state index contributed by atoms with van der Waals surface area (Å²) in [4.78, 5) is 5.69. The Labute approximate surface area is 113 Å². The second-order valence-electron chi connectivity index (χ2n) is 6.16. The lowest BCUT2D eigenvalue weighted by Crippen LogP contribution is -2.13.